The van der Waals surface area contributed by atoms with Gasteiger partial charge in [-0.1, -0.05) is 0 Å². The first kappa shape index (κ1) is 9.73. The van der Waals surface area contributed by atoms with Crippen LogP contribution >= 0.6 is 0 Å². The molecule has 1 atom stereocenters. The fraction of sp³-hybridized carbons (Fsp3) is 0.500. The van der Waals surface area contributed by atoms with E-state index < -0.39 is 0 Å². The van der Waals surface area contributed by atoms with E-state index in [0.717, 1.165) is 0 Å². The highest BCUT2D eigenvalue weighted by atomic mass is 16.3. The van der Waals surface area contributed by atoms with Crippen molar-refractivity contribution in [2.45, 2.75) is 13.0 Å². The van der Waals surface area contributed by atoms with Crippen LogP contribution in [0.4, 0.5) is 0 Å². The van der Waals surface area contributed by atoms with Crippen molar-refractivity contribution >= 4 is 5.91 Å². The molecule has 0 saturated heterocycles. The number of nitrogens with one attached hydrogen (secondary N) is 1. The molecule has 72 valence electrons. The summed E-state index contributed by atoms with van der Waals surface area (Å²) in [7, 11) is 1.69. The van der Waals surface area contributed by atoms with Crippen LogP contribution in [0.2, 0.25) is 0 Å². The van der Waals surface area contributed by atoms with Crippen molar-refractivity contribution in [2.24, 2.45) is 7.05 Å². The first-order chi connectivity index (χ1) is 6.15. The lowest BCUT2D eigenvalue weighted by molar-refractivity contribution is 0.0913. The van der Waals surface area contributed by atoms with Gasteiger partial charge in [-0.3, -0.25) is 9.48 Å². The molecule has 1 rings (SSSR count). The first-order valence-electron chi connectivity index (χ1n) is 4.05. The molecule has 0 unspecified atom stereocenters. The second-order valence-electron chi connectivity index (χ2n) is 2.90. The maximum atomic E-state index is 11.4. The normalized spacial score (nSPS) is 12.5. The van der Waals surface area contributed by atoms with Crippen LogP contribution in [0.15, 0.2) is 12.3 Å². The van der Waals surface area contributed by atoms with Crippen molar-refractivity contribution < 1.29 is 9.90 Å². The first-order valence-corrected chi connectivity index (χ1v) is 4.05. The van der Waals surface area contributed by atoms with E-state index in [0.29, 0.717) is 5.69 Å². The van der Waals surface area contributed by atoms with Gasteiger partial charge < -0.3 is 10.4 Å². The van der Waals surface area contributed by atoms with Gasteiger partial charge in [0.25, 0.3) is 5.91 Å². The topological polar surface area (TPSA) is 67.2 Å². The number of carbonyl (C=O) groups excluding carboxylic acids is 1. The fourth-order valence-electron chi connectivity index (χ4n) is 0.940. The number of rotatable bonds is 3. The lowest BCUT2D eigenvalue weighted by atomic mass is 10.3. The highest BCUT2D eigenvalue weighted by molar-refractivity contribution is 5.92. The number of nitrogens with zero attached hydrogens (tertiary/aromatic N) is 2. The van der Waals surface area contributed by atoms with Crippen LogP contribution in [0, 0.1) is 0 Å². The molecule has 2 N–H and O–H groups in total. The standard InChI is InChI=1S/C8H13N3O2/c1-6(5-12)10-8(13)7-3-4-9-11(7)2/h3-4,6,12H,5H2,1-2H3,(H,10,13)/t6-/m0/s1. The van der Waals surface area contributed by atoms with Crippen LogP contribution in [0.3, 0.4) is 0 Å². The van der Waals surface area contributed by atoms with Crippen molar-refractivity contribution in [3.63, 3.8) is 0 Å². The zero-order valence-corrected chi connectivity index (χ0v) is 7.69. The minimum atomic E-state index is -0.234. The summed E-state index contributed by atoms with van der Waals surface area (Å²) in [6.07, 6.45) is 1.55. The average Bonchev–Trinajstić information content (AvgIpc) is 2.51. The Morgan fingerprint density at radius 1 is 1.85 bits per heavy atom. The van der Waals surface area contributed by atoms with Gasteiger partial charge in [0.1, 0.15) is 5.69 Å². The van der Waals surface area contributed by atoms with Crippen LogP contribution in [-0.4, -0.2) is 33.4 Å². The molecule has 0 aliphatic heterocycles. The fourth-order valence-corrected chi connectivity index (χ4v) is 0.940. The Bertz CT molecular complexity index is 295. The predicted octanol–water partition coefficient (Wildman–Crippen LogP) is -0.469. The van der Waals surface area contributed by atoms with Crippen LogP contribution < -0.4 is 5.32 Å². The summed E-state index contributed by atoms with van der Waals surface area (Å²) in [5, 5.41) is 15.2. The maximum Gasteiger partial charge on any atom is 0.269 e. The second kappa shape index (κ2) is 4.04. The maximum absolute atomic E-state index is 11.4. The van der Waals surface area contributed by atoms with Crippen LogP contribution in [-0.2, 0) is 7.05 Å². The molecule has 0 aliphatic rings. The third-order valence-electron chi connectivity index (χ3n) is 1.70. The molecule has 0 bridgehead atoms. The van der Waals surface area contributed by atoms with E-state index >= 15 is 0 Å². The molecule has 1 amide bonds. The lowest BCUT2D eigenvalue weighted by Gasteiger charge is -2.10. The third-order valence-corrected chi connectivity index (χ3v) is 1.70. The molecule has 0 aromatic carbocycles. The van der Waals surface area contributed by atoms with Crippen molar-refractivity contribution in [3.8, 4) is 0 Å². The summed E-state index contributed by atoms with van der Waals surface area (Å²) < 4.78 is 1.49. The van der Waals surface area contributed by atoms with Gasteiger partial charge in [0.2, 0.25) is 0 Å². The SMILES string of the molecule is C[C@@H](CO)NC(=O)c1ccnn1C. The van der Waals surface area contributed by atoms with E-state index in [4.69, 9.17) is 5.11 Å². The number of aryl methyl sites for hydroxylation is 1. The molecule has 0 radical (unpaired) electrons. The Labute approximate surface area is 76.4 Å². The quantitative estimate of drug-likeness (QED) is 0.665. The van der Waals surface area contributed by atoms with E-state index in [1.807, 2.05) is 0 Å². The Kier molecular flexibility index (Phi) is 3.02. The van der Waals surface area contributed by atoms with Crippen LogP contribution in [0.25, 0.3) is 0 Å². The average molecular weight is 183 g/mol. The number of aliphatic hydroxyl groups excluding tert-OH is 1. The van der Waals surface area contributed by atoms with Gasteiger partial charge in [-0.05, 0) is 13.0 Å². The summed E-state index contributed by atoms with van der Waals surface area (Å²) in [6.45, 7) is 1.66. The van der Waals surface area contributed by atoms with Crippen molar-refractivity contribution in [1.29, 1.82) is 0 Å². The monoisotopic (exact) mass is 183 g/mol. The molecular weight excluding hydrogens is 170 g/mol. The van der Waals surface area contributed by atoms with Crippen molar-refractivity contribution in [1.82, 2.24) is 15.1 Å². The molecular formula is C8H13N3O2. The molecule has 1 aromatic heterocycles. The summed E-state index contributed by atoms with van der Waals surface area (Å²) in [5.74, 6) is -0.221. The van der Waals surface area contributed by atoms with Gasteiger partial charge in [0, 0.05) is 19.3 Å². The summed E-state index contributed by atoms with van der Waals surface area (Å²) in [6, 6.07) is 1.39. The molecule has 0 spiro atoms. The van der Waals surface area contributed by atoms with Gasteiger partial charge in [0.15, 0.2) is 0 Å². The lowest BCUT2D eigenvalue weighted by Crippen LogP contribution is -2.36. The third kappa shape index (κ3) is 2.29. The molecule has 0 saturated carbocycles. The van der Waals surface area contributed by atoms with Gasteiger partial charge in [-0.15, -0.1) is 0 Å². The minimum absolute atomic E-state index is 0.0659. The van der Waals surface area contributed by atoms with Crippen molar-refractivity contribution in [2.75, 3.05) is 6.61 Å². The number of hydrogen-bond acceptors (Lipinski definition) is 3. The number of aliphatic hydroxyl groups is 1. The Morgan fingerprint density at radius 2 is 2.54 bits per heavy atom. The van der Waals surface area contributed by atoms with E-state index in [2.05, 4.69) is 10.4 Å². The smallest absolute Gasteiger partial charge is 0.269 e. The molecule has 5 heteroatoms. The van der Waals surface area contributed by atoms with Gasteiger partial charge in [-0.25, -0.2) is 0 Å². The van der Waals surface area contributed by atoms with Gasteiger partial charge in [0.05, 0.1) is 6.61 Å². The van der Waals surface area contributed by atoms with Gasteiger partial charge >= 0.3 is 0 Å². The minimum Gasteiger partial charge on any atom is -0.394 e. The largest absolute Gasteiger partial charge is 0.394 e. The molecule has 0 fully saturated rings. The van der Waals surface area contributed by atoms with E-state index in [1.165, 1.54) is 4.68 Å². The van der Waals surface area contributed by atoms with E-state index in [1.54, 1.807) is 26.2 Å². The van der Waals surface area contributed by atoms with Crippen molar-refractivity contribution in [3.05, 3.63) is 18.0 Å². The highest BCUT2D eigenvalue weighted by Gasteiger charge is 2.11. The summed E-state index contributed by atoms with van der Waals surface area (Å²) in [5.41, 5.74) is 0.486. The molecule has 0 aliphatic carbocycles. The number of hydrogen-bond donors (Lipinski definition) is 2. The second-order valence-corrected chi connectivity index (χ2v) is 2.90. The molecule has 5 nitrogen and oxygen atoms in total. The number of aromatic nitrogens is 2. The molecule has 1 aromatic rings. The Hall–Kier alpha value is -1.36. The number of carbonyl (C=O) groups is 1. The number of amides is 1. The van der Waals surface area contributed by atoms with E-state index in [-0.39, 0.29) is 18.6 Å². The zero-order valence-electron chi connectivity index (χ0n) is 7.69. The van der Waals surface area contributed by atoms with Gasteiger partial charge in [-0.2, -0.15) is 5.10 Å². The highest BCUT2D eigenvalue weighted by Crippen LogP contribution is 1.96. The van der Waals surface area contributed by atoms with Crippen LogP contribution in [0.1, 0.15) is 17.4 Å². The van der Waals surface area contributed by atoms with Crippen LogP contribution in [0.5, 0.6) is 0 Å². The Balaban J connectivity index is 2.64. The molecule has 13 heavy (non-hydrogen) atoms. The van der Waals surface area contributed by atoms with E-state index in [9.17, 15) is 4.79 Å². The zero-order chi connectivity index (χ0) is 9.84. The Morgan fingerprint density at radius 3 is 3.00 bits per heavy atom. The summed E-state index contributed by atoms with van der Waals surface area (Å²) >= 11 is 0. The predicted molar refractivity (Wildman–Crippen MR) is 47.2 cm³/mol. The summed E-state index contributed by atoms with van der Waals surface area (Å²) in [4.78, 5) is 11.4. The molecule has 1 heterocycles.